The Labute approximate surface area is 105 Å². The Morgan fingerprint density at radius 1 is 1.44 bits per heavy atom. The van der Waals surface area contributed by atoms with Crippen LogP contribution in [0.3, 0.4) is 0 Å². The van der Waals surface area contributed by atoms with Gasteiger partial charge in [0.15, 0.2) is 5.89 Å². The van der Waals surface area contributed by atoms with Gasteiger partial charge in [0.1, 0.15) is 0 Å². The van der Waals surface area contributed by atoms with Gasteiger partial charge in [-0.3, -0.25) is 4.79 Å². The summed E-state index contributed by atoms with van der Waals surface area (Å²) < 4.78 is 5.26. The van der Waals surface area contributed by atoms with Gasteiger partial charge in [0, 0.05) is 19.2 Å². The van der Waals surface area contributed by atoms with Gasteiger partial charge >= 0.3 is 0 Å². The minimum atomic E-state index is -0.303. The van der Waals surface area contributed by atoms with Gasteiger partial charge in [-0.05, 0) is 24.6 Å². The molecule has 1 aromatic carbocycles. The number of carbonyl (C=O) groups excluding carboxylic acids is 1. The Morgan fingerprint density at radius 3 is 2.83 bits per heavy atom. The van der Waals surface area contributed by atoms with Crippen molar-refractivity contribution in [3.05, 3.63) is 47.2 Å². The second-order valence-corrected chi connectivity index (χ2v) is 4.01. The largest absolute Gasteiger partial charge is 0.436 e. The van der Waals surface area contributed by atoms with E-state index in [1.54, 1.807) is 19.9 Å². The summed E-state index contributed by atoms with van der Waals surface area (Å²) in [6, 6.07) is 7.38. The molecule has 1 aromatic heterocycles. The van der Waals surface area contributed by atoms with Crippen LogP contribution in [0.25, 0.3) is 0 Å². The number of nitrogens with one attached hydrogen (secondary N) is 1. The van der Waals surface area contributed by atoms with Crippen LogP contribution in [-0.4, -0.2) is 10.9 Å². The van der Waals surface area contributed by atoms with Gasteiger partial charge in [-0.1, -0.05) is 12.1 Å². The first-order chi connectivity index (χ1) is 8.60. The lowest BCUT2D eigenvalue weighted by molar-refractivity contribution is 0.0994. The smallest absolute Gasteiger partial charge is 0.293 e. The number of anilines is 1. The van der Waals surface area contributed by atoms with Crippen LogP contribution in [-0.2, 0) is 6.54 Å². The van der Waals surface area contributed by atoms with E-state index in [4.69, 9.17) is 10.2 Å². The van der Waals surface area contributed by atoms with E-state index in [2.05, 4.69) is 10.3 Å². The lowest BCUT2D eigenvalue weighted by Crippen LogP contribution is -2.12. The zero-order chi connectivity index (χ0) is 13.1. The number of aromatic nitrogens is 1. The third-order valence-corrected chi connectivity index (χ3v) is 2.53. The maximum Gasteiger partial charge on any atom is 0.293 e. The second kappa shape index (κ2) is 5.01. The molecule has 0 fully saturated rings. The van der Waals surface area contributed by atoms with Crippen LogP contribution >= 0.6 is 0 Å². The van der Waals surface area contributed by atoms with E-state index in [-0.39, 0.29) is 11.7 Å². The summed E-state index contributed by atoms with van der Waals surface area (Å²) in [5.74, 6) is 0.418. The molecule has 3 N–H and O–H groups in total. The maximum atomic E-state index is 12.0. The van der Waals surface area contributed by atoms with Crippen molar-refractivity contribution in [2.24, 2.45) is 5.73 Å². The molecule has 0 saturated carbocycles. The maximum absolute atomic E-state index is 12.0. The zero-order valence-electron chi connectivity index (χ0n) is 10.4. The van der Waals surface area contributed by atoms with E-state index in [1.165, 1.54) is 0 Å². The van der Waals surface area contributed by atoms with Crippen LogP contribution in [0.2, 0.25) is 0 Å². The topological polar surface area (TPSA) is 81.2 Å². The molecule has 0 unspecified atom stereocenters. The van der Waals surface area contributed by atoms with Crippen molar-refractivity contribution in [1.82, 2.24) is 4.98 Å². The summed E-state index contributed by atoms with van der Waals surface area (Å²) in [4.78, 5) is 16.0. The van der Waals surface area contributed by atoms with Crippen LogP contribution in [0.4, 0.5) is 5.69 Å². The number of nitrogens with zero attached hydrogens (tertiary/aromatic N) is 1. The Kier molecular flexibility index (Phi) is 3.43. The fourth-order valence-electron chi connectivity index (χ4n) is 1.71. The van der Waals surface area contributed by atoms with Crippen molar-refractivity contribution in [2.75, 3.05) is 5.32 Å². The van der Waals surface area contributed by atoms with Gasteiger partial charge in [0.05, 0.1) is 5.69 Å². The van der Waals surface area contributed by atoms with Gasteiger partial charge < -0.3 is 15.5 Å². The molecule has 0 aliphatic heterocycles. The number of nitrogens with two attached hydrogens (primary N) is 1. The number of hydrogen-bond donors (Lipinski definition) is 2. The molecule has 94 valence electrons. The first-order valence-electron chi connectivity index (χ1n) is 5.64. The van der Waals surface area contributed by atoms with E-state index in [0.29, 0.717) is 23.8 Å². The third kappa shape index (κ3) is 2.57. The SMILES string of the molecule is Cc1nc(C)c(C(=O)Nc2cccc(CN)c2)o1. The summed E-state index contributed by atoms with van der Waals surface area (Å²) >= 11 is 0. The zero-order valence-corrected chi connectivity index (χ0v) is 10.4. The van der Waals surface area contributed by atoms with E-state index >= 15 is 0 Å². The molecule has 0 spiro atoms. The highest BCUT2D eigenvalue weighted by Gasteiger charge is 2.15. The van der Waals surface area contributed by atoms with Crippen molar-refractivity contribution in [2.45, 2.75) is 20.4 Å². The number of aryl methyl sites for hydroxylation is 2. The predicted octanol–water partition coefficient (Wildman–Crippen LogP) is 2.00. The molecule has 0 aliphatic carbocycles. The fourth-order valence-corrected chi connectivity index (χ4v) is 1.71. The standard InChI is InChI=1S/C13H15N3O2/c1-8-12(18-9(2)15-8)13(17)16-11-5-3-4-10(6-11)7-14/h3-6H,7,14H2,1-2H3,(H,16,17). The first kappa shape index (κ1) is 12.3. The minimum absolute atomic E-state index is 0.241. The quantitative estimate of drug-likeness (QED) is 0.866. The number of amides is 1. The Hall–Kier alpha value is -2.14. The predicted molar refractivity (Wildman–Crippen MR) is 68.3 cm³/mol. The van der Waals surface area contributed by atoms with Gasteiger partial charge in [0.25, 0.3) is 5.91 Å². The number of benzene rings is 1. The molecular formula is C13H15N3O2. The average molecular weight is 245 g/mol. The molecule has 2 aromatic rings. The normalized spacial score (nSPS) is 10.4. The molecule has 0 atom stereocenters. The third-order valence-electron chi connectivity index (χ3n) is 2.53. The highest BCUT2D eigenvalue weighted by molar-refractivity contribution is 6.02. The summed E-state index contributed by atoms with van der Waals surface area (Å²) in [6.07, 6.45) is 0. The Bertz CT molecular complexity index is 575. The molecule has 5 heteroatoms. The van der Waals surface area contributed by atoms with Crippen LogP contribution in [0, 0.1) is 13.8 Å². The summed E-state index contributed by atoms with van der Waals surface area (Å²) in [5, 5.41) is 2.76. The molecule has 0 saturated heterocycles. The summed E-state index contributed by atoms with van der Waals surface area (Å²) in [6.45, 7) is 3.88. The van der Waals surface area contributed by atoms with E-state index in [9.17, 15) is 4.79 Å². The Morgan fingerprint density at radius 2 is 2.22 bits per heavy atom. The highest BCUT2D eigenvalue weighted by Crippen LogP contribution is 2.14. The molecule has 2 rings (SSSR count). The van der Waals surface area contributed by atoms with Crippen molar-refractivity contribution in [1.29, 1.82) is 0 Å². The molecule has 1 heterocycles. The minimum Gasteiger partial charge on any atom is -0.436 e. The van der Waals surface area contributed by atoms with E-state index < -0.39 is 0 Å². The molecule has 18 heavy (non-hydrogen) atoms. The Balaban J connectivity index is 2.18. The lowest BCUT2D eigenvalue weighted by atomic mass is 10.2. The number of carbonyl (C=O) groups is 1. The van der Waals surface area contributed by atoms with Crippen molar-refractivity contribution in [3.63, 3.8) is 0 Å². The monoisotopic (exact) mass is 245 g/mol. The van der Waals surface area contributed by atoms with Crippen LogP contribution in [0.15, 0.2) is 28.7 Å². The van der Waals surface area contributed by atoms with Crippen LogP contribution < -0.4 is 11.1 Å². The van der Waals surface area contributed by atoms with Crippen molar-refractivity contribution < 1.29 is 9.21 Å². The molecule has 0 aliphatic rings. The lowest BCUT2D eigenvalue weighted by Gasteiger charge is -2.05. The fraction of sp³-hybridized carbons (Fsp3) is 0.231. The highest BCUT2D eigenvalue weighted by atomic mass is 16.4. The van der Waals surface area contributed by atoms with Gasteiger partial charge in [-0.2, -0.15) is 0 Å². The van der Waals surface area contributed by atoms with Crippen molar-refractivity contribution >= 4 is 11.6 Å². The average Bonchev–Trinajstić information content (AvgIpc) is 2.69. The van der Waals surface area contributed by atoms with Gasteiger partial charge in [-0.15, -0.1) is 0 Å². The second-order valence-electron chi connectivity index (χ2n) is 4.01. The number of rotatable bonds is 3. The number of hydrogen-bond acceptors (Lipinski definition) is 4. The number of oxazole rings is 1. The van der Waals surface area contributed by atoms with Crippen molar-refractivity contribution in [3.8, 4) is 0 Å². The molecule has 0 bridgehead atoms. The summed E-state index contributed by atoms with van der Waals surface area (Å²) in [5.41, 5.74) is 7.78. The molecule has 5 nitrogen and oxygen atoms in total. The first-order valence-corrected chi connectivity index (χ1v) is 5.64. The molecule has 1 amide bonds. The van der Waals surface area contributed by atoms with E-state index in [0.717, 1.165) is 5.56 Å². The molecule has 0 radical (unpaired) electrons. The summed E-state index contributed by atoms with van der Waals surface area (Å²) in [7, 11) is 0. The van der Waals surface area contributed by atoms with Crippen LogP contribution in [0.5, 0.6) is 0 Å². The van der Waals surface area contributed by atoms with Gasteiger partial charge in [-0.25, -0.2) is 4.98 Å². The van der Waals surface area contributed by atoms with Gasteiger partial charge in [0.2, 0.25) is 5.76 Å². The van der Waals surface area contributed by atoms with Crippen LogP contribution in [0.1, 0.15) is 27.7 Å². The molecular weight excluding hydrogens is 230 g/mol. The van der Waals surface area contributed by atoms with E-state index in [1.807, 2.05) is 18.2 Å².